The van der Waals surface area contributed by atoms with E-state index in [4.69, 9.17) is 11.6 Å². The fourth-order valence-corrected chi connectivity index (χ4v) is 2.49. The minimum Gasteiger partial charge on any atom is -0.310 e. The minimum absolute atomic E-state index is 0.202. The van der Waals surface area contributed by atoms with Crippen molar-refractivity contribution in [1.82, 2.24) is 5.32 Å². The molecule has 0 aliphatic heterocycles. The van der Waals surface area contributed by atoms with Crippen LogP contribution in [0.5, 0.6) is 0 Å². The first kappa shape index (κ1) is 12.8. The van der Waals surface area contributed by atoms with Crippen LogP contribution in [-0.2, 0) is 0 Å². The maximum absolute atomic E-state index is 13.5. The molecule has 1 aliphatic carbocycles. The molecule has 1 fully saturated rings. The summed E-state index contributed by atoms with van der Waals surface area (Å²) in [5, 5.41) is 3.64. The fourth-order valence-electron chi connectivity index (χ4n) is 2.37. The lowest BCUT2D eigenvalue weighted by atomic mass is 9.79. The van der Waals surface area contributed by atoms with E-state index in [1.165, 1.54) is 19.3 Å². The molecule has 3 heteroatoms. The van der Waals surface area contributed by atoms with E-state index in [-0.39, 0.29) is 16.9 Å². The second kappa shape index (κ2) is 5.83. The molecule has 17 heavy (non-hydrogen) atoms. The lowest BCUT2D eigenvalue weighted by Crippen LogP contribution is -2.26. The van der Waals surface area contributed by atoms with Crippen molar-refractivity contribution in [3.63, 3.8) is 0 Å². The highest BCUT2D eigenvalue weighted by Crippen LogP contribution is 2.35. The van der Waals surface area contributed by atoms with Crippen LogP contribution in [0, 0.1) is 11.7 Å². The summed E-state index contributed by atoms with van der Waals surface area (Å²) in [7, 11) is 0. The summed E-state index contributed by atoms with van der Waals surface area (Å²) in [4.78, 5) is 0. The third-order valence-electron chi connectivity index (χ3n) is 3.59. The molecule has 1 aliphatic rings. The van der Waals surface area contributed by atoms with Gasteiger partial charge in [0.2, 0.25) is 0 Å². The van der Waals surface area contributed by atoms with Crippen LogP contribution >= 0.6 is 11.6 Å². The Morgan fingerprint density at radius 3 is 2.76 bits per heavy atom. The van der Waals surface area contributed by atoms with Gasteiger partial charge in [0.1, 0.15) is 5.82 Å². The van der Waals surface area contributed by atoms with Crippen molar-refractivity contribution in [1.29, 1.82) is 0 Å². The summed E-state index contributed by atoms with van der Waals surface area (Å²) in [5.74, 6) is 0.485. The Morgan fingerprint density at radius 2 is 2.24 bits per heavy atom. The van der Waals surface area contributed by atoms with Gasteiger partial charge in [0.15, 0.2) is 0 Å². The Kier molecular flexibility index (Phi) is 4.41. The van der Waals surface area contributed by atoms with Gasteiger partial charge in [-0.25, -0.2) is 4.39 Å². The minimum atomic E-state index is -0.319. The number of hydrogen-bond donors (Lipinski definition) is 1. The van der Waals surface area contributed by atoms with Crippen molar-refractivity contribution in [2.75, 3.05) is 6.54 Å². The van der Waals surface area contributed by atoms with Crippen LogP contribution in [-0.4, -0.2) is 6.54 Å². The fraction of sp³-hybridized carbons (Fsp3) is 0.571. The second-order valence-electron chi connectivity index (χ2n) is 4.82. The maximum atomic E-state index is 13.5. The molecule has 1 unspecified atom stereocenters. The van der Waals surface area contributed by atoms with Crippen LogP contribution < -0.4 is 5.32 Å². The van der Waals surface area contributed by atoms with Gasteiger partial charge in [0, 0.05) is 6.04 Å². The summed E-state index contributed by atoms with van der Waals surface area (Å²) in [6.07, 6.45) is 5.09. The van der Waals surface area contributed by atoms with Crippen LogP contribution in [0.25, 0.3) is 0 Å². The molecule has 1 aromatic carbocycles. The topological polar surface area (TPSA) is 12.0 Å². The van der Waals surface area contributed by atoms with E-state index in [9.17, 15) is 4.39 Å². The molecule has 0 saturated heterocycles. The molecule has 2 rings (SSSR count). The van der Waals surface area contributed by atoms with Crippen LogP contribution in [0.15, 0.2) is 18.2 Å². The Morgan fingerprint density at radius 1 is 1.47 bits per heavy atom. The van der Waals surface area contributed by atoms with Crippen molar-refractivity contribution in [3.8, 4) is 0 Å². The average molecular weight is 256 g/mol. The Hall–Kier alpha value is -0.600. The Bertz CT molecular complexity index is 376. The summed E-state index contributed by atoms with van der Waals surface area (Å²) >= 11 is 5.71. The first-order valence-electron chi connectivity index (χ1n) is 6.39. The molecule has 1 aromatic rings. The van der Waals surface area contributed by atoms with Crippen molar-refractivity contribution < 1.29 is 4.39 Å². The van der Waals surface area contributed by atoms with Gasteiger partial charge >= 0.3 is 0 Å². The predicted molar refractivity (Wildman–Crippen MR) is 69.8 cm³/mol. The summed E-state index contributed by atoms with van der Waals surface area (Å²) in [5.41, 5.74) is 1.01. The molecule has 1 nitrogen and oxygen atoms in total. The molecule has 1 atom stereocenters. The molecular formula is C14H19ClFN. The molecule has 0 spiro atoms. The zero-order valence-corrected chi connectivity index (χ0v) is 10.9. The molecule has 1 saturated carbocycles. The highest BCUT2D eigenvalue weighted by atomic mass is 35.5. The Labute approximate surface area is 107 Å². The zero-order chi connectivity index (χ0) is 12.3. The molecule has 0 aromatic heterocycles. The molecular weight excluding hydrogens is 237 g/mol. The summed E-state index contributed by atoms with van der Waals surface area (Å²) in [6, 6.07) is 5.40. The normalized spacial score (nSPS) is 17.8. The number of benzene rings is 1. The highest BCUT2D eigenvalue weighted by molar-refractivity contribution is 6.30. The average Bonchev–Trinajstić information content (AvgIpc) is 2.25. The van der Waals surface area contributed by atoms with Gasteiger partial charge < -0.3 is 5.32 Å². The first-order chi connectivity index (χ1) is 8.20. The molecule has 0 amide bonds. The molecule has 94 valence electrons. The predicted octanol–water partition coefficient (Wildman–Crippen LogP) is 4.32. The van der Waals surface area contributed by atoms with Gasteiger partial charge in [-0.2, -0.15) is 0 Å². The third-order valence-corrected chi connectivity index (χ3v) is 3.90. The molecule has 0 radical (unpaired) electrons. The van der Waals surface area contributed by atoms with Crippen LogP contribution in [0.4, 0.5) is 4.39 Å². The van der Waals surface area contributed by atoms with E-state index in [1.54, 1.807) is 12.1 Å². The monoisotopic (exact) mass is 255 g/mol. The van der Waals surface area contributed by atoms with Gasteiger partial charge in [-0.3, -0.25) is 0 Å². The van der Waals surface area contributed by atoms with Gasteiger partial charge in [0.25, 0.3) is 0 Å². The Balaban J connectivity index is 2.09. The van der Waals surface area contributed by atoms with Gasteiger partial charge in [-0.05, 0) is 36.6 Å². The number of hydrogen-bond acceptors (Lipinski definition) is 1. The third kappa shape index (κ3) is 3.20. The molecule has 0 bridgehead atoms. The van der Waals surface area contributed by atoms with Crippen molar-refractivity contribution >= 4 is 11.6 Å². The van der Waals surface area contributed by atoms with E-state index >= 15 is 0 Å². The quantitative estimate of drug-likeness (QED) is 0.826. The van der Waals surface area contributed by atoms with Crippen LogP contribution in [0.2, 0.25) is 5.02 Å². The smallest absolute Gasteiger partial charge is 0.142 e. The van der Waals surface area contributed by atoms with E-state index in [0.717, 1.165) is 24.4 Å². The SMILES string of the molecule is CCNC(CC1CCC1)c1ccc(Cl)c(F)c1. The lowest BCUT2D eigenvalue weighted by Gasteiger charge is -2.30. The number of halogens is 2. The number of rotatable bonds is 5. The summed E-state index contributed by atoms with van der Waals surface area (Å²) < 4.78 is 13.5. The number of nitrogens with one attached hydrogen (secondary N) is 1. The van der Waals surface area contributed by atoms with Crippen LogP contribution in [0.1, 0.15) is 44.2 Å². The second-order valence-corrected chi connectivity index (χ2v) is 5.22. The standard InChI is InChI=1S/C14H19ClFN/c1-2-17-14(8-10-4-3-5-10)11-6-7-12(15)13(16)9-11/h6-7,9-10,14,17H,2-5,8H2,1H3. The zero-order valence-electron chi connectivity index (χ0n) is 10.2. The van der Waals surface area contributed by atoms with Gasteiger partial charge in [0.05, 0.1) is 5.02 Å². The first-order valence-corrected chi connectivity index (χ1v) is 6.76. The van der Waals surface area contributed by atoms with Gasteiger partial charge in [-0.15, -0.1) is 0 Å². The van der Waals surface area contributed by atoms with E-state index in [2.05, 4.69) is 12.2 Å². The largest absolute Gasteiger partial charge is 0.310 e. The molecule has 0 heterocycles. The van der Waals surface area contributed by atoms with Crippen molar-refractivity contribution in [2.24, 2.45) is 5.92 Å². The van der Waals surface area contributed by atoms with Gasteiger partial charge in [-0.1, -0.05) is 43.9 Å². The maximum Gasteiger partial charge on any atom is 0.142 e. The molecule has 1 N–H and O–H groups in total. The highest BCUT2D eigenvalue weighted by Gasteiger charge is 2.23. The summed E-state index contributed by atoms with van der Waals surface area (Å²) in [6.45, 7) is 2.99. The van der Waals surface area contributed by atoms with Crippen LogP contribution in [0.3, 0.4) is 0 Å². The van der Waals surface area contributed by atoms with E-state index in [0.29, 0.717) is 0 Å². The van der Waals surface area contributed by atoms with Crippen molar-refractivity contribution in [3.05, 3.63) is 34.6 Å². The lowest BCUT2D eigenvalue weighted by molar-refractivity contribution is 0.262. The van der Waals surface area contributed by atoms with E-state index < -0.39 is 0 Å². The van der Waals surface area contributed by atoms with Crippen molar-refractivity contribution in [2.45, 2.75) is 38.6 Å². The van der Waals surface area contributed by atoms with E-state index in [1.807, 2.05) is 6.07 Å².